The zero-order valence-electron chi connectivity index (χ0n) is 13.3. The Labute approximate surface area is 134 Å². The average Bonchev–Trinajstić information content (AvgIpc) is 2.91. The Hall–Kier alpha value is -2.82. The van der Waals surface area contributed by atoms with Crippen LogP contribution in [0.4, 0.5) is 0 Å². The van der Waals surface area contributed by atoms with Crippen molar-refractivity contribution in [3.8, 4) is 0 Å². The number of esters is 2. The first-order valence-electron chi connectivity index (χ1n) is 7.08. The van der Waals surface area contributed by atoms with Gasteiger partial charge < -0.3 is 13.9 Å². The van der Waals surface area contributed by atoms with Crippen molar-refractivity contribution in [2.24, 2.45) is 0 Å². The summed E-state index contributed by atoms with van der Waals surface area (Å²) in [4.78, 5) is 23.2. The highest BCUT2D eigenvalue weighted by molar-refractivity contribution is 5.90. The lowest BCUT2D eigenvalue weighted by Gasteiger charge is -1.99. The van der Waals surface area contributed by atoms with E-state index < -0.39 is 11.9 Å². The van der Waals surface area contributed by atoms with Crippen molar-refractivity contribution in [1.82, 2.24) is 0 Å². The van der Waals surface area contributed by atoms with Crippen molar-refractivity contribution in [3.63, 3.8) is 0 Å². The van der Waals surface area contributed by atoms with Crippen LogP contribution in [-0.2, 0) is 20.9 Å². The maximum atomic E-state index is 11.7. The Bertz CT molecular complexity index is 740. The first kappa shape index (κ1) is 16.5. The molecule has 0 bridgehead atoms. The molecular formula is C18H18O5. The molecule has 5 heteroatoms. The number of benzene rings is 1. The Morgan fingerprint density at radius 2 is 2.00 bits per heavy atom. The smallest absolute Gasteiger partial charge is 0.341 e. The molecule has 120 valence electrons. The maximum absolute atomic E-state index is 11.7. The van der Waals surface area contributed by atoms with Gasteiger partial charge in [-0.1, -0.05) is 29.8 Å². The molecule has 2 rings (SSSR count). The predicted molar refractivity (Wildman–Crippen MR) is 84.8 cm³/mol. The average molecular weight is 314 g/mol. The van der Waals surface area contributed by atoms with Crippen LogP contribution in [0.5, 0.6) is 0 Å². The monoisotopic (exact) mass is 314 g/mol. The minimum Gasteiger partial charge on any atom is -0.465 e. The summed E-state index contributed by atoms with van der Waals surface area (Å²) < 4.78 is 15.1. The lowest BCUT2D eigenvalue weighted by atomic mass is 10.1. The summed E-state index contributed by atoms with van der Waals surface area (Å²) in [6.45, 7) is 3.58. The van der Waals surface area contributed by atoms with Crippen molar-refractivity contribution >= 4 is 18.0 Å². The quantitative estimate of drug-likeness (QED) is 0.625. The summed E-state index contributed by atoms with van der Waals surface area (Å²) in [5.41, 5.74) is 2.36. The number of carbonyl (C=O) groups excluding carboxylic acids is 2. The lowest BCUT2D eigenvalue weighted by Crippen LogP contribution is -2.01. The van der Waals surface area contributed by atoms with E-state index in [0.717, 1.165) is 11.1 Å². The van der Waals surface area contributed by atoms with Crippen molar-refractivity contribution in [1.29, 1.82) is 0 Å². The minimum absolute atomic E-state index is 0.0468. The molecule has 0 saturated carbocycles. The third kappa shape index (κ3) is 4.57. The number of hydrogen-bond acceptors (Lipinski definition) is 5. The molecule has 0 saturated heterocycles. The fraction of sp³-hybridized carbons (Fsp3) is 0.222. The Morgan fingerprint density at radius 1 is 1.22 bits per heavy atom. The summed E-state index contributed by atoms with van der Waals surface area (Å²) in [7, 11) is 1.30. The van der Waals surface area contributed by atoms with Crippen LogP contribution in [0.25, 0.3) is 6.08 Å². The van der Waals surface area contributed by atoms with Crippen LogP contribution in [0, 0.1) is 13.8 Å². The first-order chi connectivity index (χ1) is 11.0. The second-order valence-corrected chi connectivity index (χ2v) is 5.03. The van der Waals surface area contributed by atoms with Gasteiger partial charge in [0, 0.05) is 6.08 Å². The van der Waals surface area contributed by atoms with Gasteiger partial charge in [-0.25, -0.2) is 9.59 Å². The molecule has 1 aromatic heterocycles. The molecule has 2 aromatic rings. The molecule has 0 aliphatic rings. The Kier molecular flexibility index (Phi) is 5.36. The number of carbonyl (C=O) groups is 2. The molecule has 0 unspecified atom stereocenters. The maximum Gasteiger partial charge on any atom is 0.341 e. The first-order valence-corrected chi connectivity index (χ1v) is 7.08. The number of ether oxygens (including phenoxy) is 2. The number of aryl methyl sites for hydroxylation is 2. The highest BCUT2D eigenvalue weighted by Gasteiger charge is 2.15. The zero-order valence-corrected chi connectivity index (χ0v) is 13.3. The van der Waals surface area contributed by atoms with Gasteiger partial charge in [-0.15, -0.1) is 0 Å². The summed E-state index contributed by atoms with van der Waals surface area (Å²) in [5, 5.41) is 0. The third-order valence-electron chi connectivity index (χ3n) is 3.18. The molecule has 0 aliphatic heterocycles. The van der Waals surface area contributed by atoms with Crippen molar-refractivity contribution in [3.05, 3.63) is 64.6 Å². The second kappa shape index (κ2) is 7.45. The van der Waals surface area contributed by atoms with Gasteiger partial charge in [-0.2, -0.15) is 0 Å². The summed E-state index contributed by atoms with van der Waals surface area (Å²) >= 11 is 0. The van der Waals surface area contributed by atoms with Gasteiger partial charge in [0.1, 0.15) is 23.7 Å². The van der Waals surface area contributed by atoms with Gasteiger partial charge in [0.05, 0.1) is 7.11 Å². The molecule has 0 spiro atoms. The topological polar surface area (TPSA) is 65.7 Å². The molecule has 0 atom stereocenters. The van der Waals surface area contributed by atoms with Gasteiger partial charge in [0.25, 0.3) is 0 Å². The van der Waals surface area contributed by atoms with Crippen LogP contribution in [-0.4, -0.2) is 19.0 Å². The van der Waals surface area contributed by atoms with Gasteiger partial charge in [0.15, 0.2) is 0 Å². The lowest BCUT2D eigenvalue weighted by molar-refractivity contribution is -0.139. The minimum atomic E-state index is -0.486. The van der Waals surface area contributed by atoms with Crippen LogP contribution in [0.1, 0.15) is 33.0 Å². The van der Waals surface area contributed by atoms with E-state index in [1.165, 1.54) is 19.3 Å². The predicted octanol–water partition coefficient (Wildman–Crippen LogP) is 3.44. The molecule has 0 radical (unpaired) electrons. The van der Waals surface area contributed by atoms with Gasteiger partial charge in [0.2, 0.25) is 0 Å². The molecule has 0 aliphatic carbocycles. The van der Waals surface area contributed by atoms with E-state index in [1.807, 2.05) is 31.2 Å². The SMILES string of the molecule is COC(=O)c1cc(COC(=O)/C=C/c2cccc(C)c2)oc1C. The third-order valence-corrected chi connectivity index (χ3v) is 3.18. The summed E-state index contributed by atoms with van der Waals surface area (Å²) in [5.74, 6) is -0.151. The van der Waals surface area contributed by atoms with E-state index >= 15 is 0 Å². The molecule has 0 amide bonds. The van der Waals surface area contributed by atoms with E-state index in [2.05, 4.69) is 4.74 Å². The van der Waals surface area contributed by atoms with Crippen LogP contribution < -0.4 is 0 Å². The molecule has 5 nitrogen and oxygen atoms in total. The largest absolute Gasteiger partial charge is 0.465 e. The van der Waals surface area contributed by atoms with Crippen molar-refractivity contribution in [2.45, 2.75) is 20.5 Å². The normalized spacial score (nSPS) is 10.7. The number of furan rings is 1. The van der Waals surface area contributed by atoms with Gasteiger partial charge in [-0.05, 0) is 31.6 Å². The van der Waals surface area contributed by atoms with Gasteiger partial charge in [-0.3, -0.25) is 0 Å². The van der Waals surface area contributed by atoms with E-state index in [9.17, 15) is 9.59 Å². The van der Waals surface area contributed by atoms with Crippen LogP contribution in [0.3, 0.4) is 0 Å². The Balaban J connectivity index is 1.93. The molecule has 0 fully saturated rings. The number of hydrogen-bond donors (Lipinski definition) is 0. The molecule has 1 aromatic carbocycles. The van der Waals surface area contributed by atoms with Crippen molar-refractivity contribution in [2.75, 3.05) is 7.11 Å². The Morgan fingerprint density at radius 3 is 2.70 bits per heavy atom. The molecular weight excluding hydrogens is 296 g/mol. The van der Waals surface area contributed by atoms with E-state index in [1.54, 1.807) is 13.0 Å². The summed E-state index contributed by atoms with van der Waals surface area (Å²) in [6, 6.07) is 9.27. The summed E-state index contributed by atoms with van der Waals surface area (Å²) in [6.07, 6.45) is 3.04. The highest BCUT2D eigenvalue weighted by atomic mass is 16.5. The standard InChI is InChI=1S/C18H18O5/c1-12-5-4-6-14(9-12)7-8-17(19)22-11-15-10-16(13(2)23-15)18(20)21-3/h4-10H,11H2,1-3H3/b8-7+. The molecule has 0 N–H and O–H groups in total. The van der Waals surface area contributed by atoms with Crippen LogP contribution >= 0.6 is 0 Å². The fourth-order valence-electron chi connectivity index (χ4n) is 2.06. The second-order valence-electron chi connectivity index (χ2n) is 5.03. The van der Waals surface area contributed by atoms with Crippen LogP contribution in [0.2, 0.25) is 0 Å². The molecule has 1 heterocycles. The van der Waals surface area contributed by atoms with Gasteiger partial charge >= 0.3 is 11.9 Å². The fourth-order valence-corrected chi connectivity index (χ4v) is 2.06. The molecule has 23 heavy (non-hydrogen) atoms. The zero-order chi connectivity index (χ0) is 16.8. The van der Waals surface area contributed by atoms with E-state index in [4.69, 9.17) is 9.15 Å². The number of rotatable bonds is 5. The van der Waals surface area contributed by atoms with Crippen molar-refractivity contribution < 1.29 is 23.5 Å². The van der Waals surface area contributed by atoms with E-state index in [0.29, 0.717) is 17.1 Å². The number of methoxy groups -OCH3 is 1. The van der Waals surface area contributed by atoms with Crippen LogP contribution in [0.15, 0.2) is 40.8 Å². The van der Waals surface area contributed by atoms with E-state index in [-0.39, 0.29) is 6.61 Å². The highest BCUT2D eigenvalue weighted by Crippen LogP contribution is 2.16.